The van der Waals surface area contributed by atoms with Crippen LogP contribution in [0.3, 0.4) is 0 Å². The normalized spacial score (nSPS) is 10.8. The Hall–Kier alpha value is -0.640. The summed E-state index contributed by atoms with van der Waals surface area (Å²) in [5, 5.41) is 10.6. The van der Waals surface area contributed by atoms with Crippen LogP contribution in [0, 0.1) is 6.92 Å². The Morgan fingerprint density at radius 2 is 2.33 bits per heavy atom. The van der Waals surface area contributed by atoms with Gasteiger partial charge in [0.15, 0.2) is 0 Å². The van der Waals surface area contributed by atoms with E-state index >= 15 is 0 Å². The molecule has 0 aliphatic rings. The molecule has 0 spiro atoms. The molecule has 0 amide bonds. The Bertz CT molecular complexity index is 276. The third-order valence-electron chi connectivity index (χ3n) is 1.48. The lowest BCUT2D eigenvalue weighted by Crippen LogP contribution is -2.11. The fourth-order valence-corrected chi connectivity index (χ4v) is 1.07. The zero-order valence-corrected chi connectivity index (χ0v) is 7.84. The second kappa shape index (κ2) is 3.85. The second-order valence-corrected chi connectivity index (χ2v) is 3.13. The molecule has 3 nitrogen and oxygen atoms in total. The minimum absolute atomic E-state index is 0.463. The fourth-order valence-electron chi connectivity index (χ4n) is 0.967. The average molecular weight is 187 g/mol. The summed E-state index contributed by atoms with van der Waals surface area (Å²) < 4.78 is 0. The van der Waals surface area contributed by atoms with E-state index in [-0.39, 0.29) is 0 Å². The van der Waals surface area contributed by atoms with E-state index in [1.807, 2.05) is 13.0 Å². The van der Waals surface area contributed by atoms with Crippen molar-refractivity contribution in [2.75, 3.05) is 7.05 Å². The number of nitrogens with zero attached hydrogens (tertiary/aromatic N) is 2. The van der Waals surface area contributed by atoms with E-state index in [9.17, 15) is 0 Å². The monoisotopic (exact) mass is 186 g/mol. The largest absolute Gasteiger partial charge is 0.314 e. The highest BCUT2D eigenvalue weighted by atomic mass is 35.5. The first-order valence-electron chi connectivity index (χ1n) is 3.60. The standard InChI is InChI=1S/C8H11ClN2O/c1-6-3-7(5-11(2)12)4-10-8(6)9/h3-4,12H,5H2,1-2H3. The molecule has 0 saturated carbocycles. The molecule has 4 heteroatoms. The lowest BCUT2D eigenvalue weighted by atomic mass is 10.2. The topological polar surface area (TPSA) is 36.4 Å². The second-order valence-electron chi connectivity index (χ2n) is 2.77. The third kappa shape index (κ3) is 2.44. The van der Waals surface area contributed by atoms with E-state index in [0.29, 0.717) is 11.7 Å². The zero-order chi connectivity index (χ0) is 9.14. The van der Waals surface area contributed by atoms with Gasteiger partial charge in [-0.15, -0.1) is 0 Å². The van der Waals surface area contributed by atoms with Gasteiger partial charge in [0.05, 0.1) is 6.54 Å². The molecule has 0 bridgehead atoms. The van der Waals surface area contributed by atoms with Crippen LogP contribution < -0.4 is 0 Å². The molecule has 0 aromatic carbocycles. The highest BCUT2D eigenvalue weighted by Gasteiger charge is 2.00. The molecule has 1 aromatic rings. The number of pyridine rings is 1. The highest BCUT2D eigenvalue weighted by molar-refractivity contribution is 6.30. The van der Waals surface area contributed by atoms with Crippen molar-refractivity contribution in [1.82, 2.24) is 10.0 Å². The lowest BCUT2D eigenvalue weighted by Gasteiger charge is -2.08. The van der Waals surface area contributed by atoms with Crippen molar-refractivity contribution >= 4 is 11.6 Å². The molecular formula is C8H11ClN2O. The molecule has 0 atom stereocenters. The SMILES string of the molecule is Cc1cc(CN(C)O)cnc1Cl. The predicted octanol–water partition coefficient (Wildman–Crippen LogP) is 1.86. The van der Waals surface area contributed by atoms with Gasteiger partial charge in [-0.3, -0.25) is 0 Å². The Morgan fingerprint density at radius 1 is 1.67 bits per heavy atom. The first kappa shape index (κ1) is 9.45. The van der Waals surface area contributed by atoms with Crippen molar-refractivity contribution in [1.29, 1.82) is 0 Å². The molecule has 0 fully saturated rings. The maximum atomic E-state index is 8.94. The molecule has 0 aliphatic heterocycles. The van der Waals surface area contributed by atoms with E-state index in [1.54, 1.807) is 13.2 Å². The summed E-state index contributed by atoms with van der Waals surface area (Å²) in [7, 11) is 1.59. The summed E-state index contributed by atoms with van der Waals surface area (Å²) in [6.07, 6.45) is 1.65. The molecule has 0 aliphatic carbocycles. The Morgan fingerprint density at radius 3 is 2.83 bits per heavy atom. The van der Waals surface area contributed by atoms with Crippen molar-refractivity contribution in [2.24, 2.45) is 0 Å². The van der Waals surface area contributed by atoms with Gasteiger partial charge in [0.1, 0.15) is 5.15 Å². The Labute approximate surface area is 76.6 Å². The van der Waals surface area contributed by atoms with E-state index in [2.05, 4.69) is 4.98 Å². The fraction of sp³-hybridized carbons (Fsp3) is 0.375. The maximum Gasteiger partial charge on any atom is 0.131 e. The Balaban J connectivity index is 2.82. The number of hydroxylamine groups is 2. The first-order valence-corrected chi connectivity index (χ1v) is 3.98. The van der Waals surface area contributed by atoms with Gasteiger partial charge >= 0.3 is 0 Å². The zero-order valence-electron chi connectivity index (χ0n) is 7.08. The van der Waals surface area contributed by atoms with Crippen LogP contribution in [-0.4, -0.2) is 22.3 Å². The summed E-state index contributed by atoms with van der Waals surface area (Å²) in [5.41, 5.74) is 1.87. The van der Waals surface area contributed by atoms with Gasteiger partial charge in [0.2, 0.25) is 0 Å². The first-order chi connectivity index (χ1) is 5.59. The van der Waals surface area contributed by atoms with Crippen LogP contribution >= 0.6 is 11.6 Å². The van der Waals surface area contributed by atoms with Gasteiger partial charge in [-0.1, -0.05) is 17.7 Å². The Kier molecular flexibility index (Phi) is 3.03. The minimum atomic E-state index is 0.463. The quantitative estimate of drug-likeness (QED) is 0.566. The van der Waals surface area contributed by atoms with Gasteiger partial charge < -0.3 is 5.21 Å². The van der Waals surface area contributed by atoms with Crippen LogP contribution in [0.15, 0.2) is 12.3 Å². The molecular weight excluding hydrogens is 176 g/mol. The molecule has 1 rings (SSSR count). The third-order valence-corrected chi connectivity index (χ3v) is 1.88. The summed E-state index contributed by atoms with van der Waals surface area (Å²) in [5.74, 6) is 0. The molecule has 0 unspecified atom stereocenters. The number of halogens is 1. The van der Waals surface area contributed by atoms with Gasteiger partial charge in [-0.05, 0) is 18.1 Å². The molecule has 1 aromatic heterocycles. The van der Waals surface area contributed by atoms with Gasteiger partial charge in [-0.25, -0.2) is 4.98 Å². The lowest BCUT2D eigenvalue weighted by molar-refractivity contribution is -0.0732. The minimum Gasteiger partial charge on any atom is -0.314 e. The van der Waals surface area contributed by atoms with Crippen LogP contribution in [0.4, 0.5) is 0 Å². The number of aryl methyl sites for hydroxylation is 1. The van der Waals surface area contributed by atoms with Crippen molar-refractivity contribution in [3.05, 3.63) is 28.5 Å². The van der Waals surface area contributed by atoms with E-state index in [4.69, 9.17) is 16.8 Å². The van der Waals surface area contributed by atoms with Gasteiger partial charge in [0, 0.05) is 13.2 Å². The highest BCUT2D eigenvalue weighted by Crippen LogP contribution is 2.13. The smallest absolute Gasteiger partial charge is 0.131 e. The maximum absolute atomic E-state index is 8.94. The molecule has 0 radical (unpaired) electrons. The number of rotatable bonds is 2. The van der Waals surface area contributed by atoms with Crippen molar-refractivity contribution in [3.8, 4) is 0 Å². The van der Waals surface area contributed by atoms with Crippen LogP contribution in [-0.2, 0) is 6.54 Å². The summed E-state index contributed by atoms with van der Waals surface area (Å²) in [6.45, 7) is 2.35. The van der Waals surface area contributed by atoms with Crippen molar-refractivity contribution < 1.29 is 5.21 Å². The van der Waals surface area contributed by atoms with Crippen LogP contribution in [0.2, 0.25) is 5.15 Å². The van der Waals surface area contributed by atoms with E-state index in [0.717, 1.165) is 16.2 Å². The predicted molar refractivity (Wildman–Crippen MR) is 47.2 cm³/mol. The van der Waals surface area contributed by atoms with Crippen molar-refractivity contribution in [3.63, 3.8) is 0 Å². The van der Waals surface area contributed by atoms with Crippen LogP contribution in [0.1, 0.15) is 11.1 Å². The molecule has 66 valence electrons. The van der Waals surface area contributed by atoms with Crippen LogP contribution in [0.25, 0.3) is 0 Å². The van der Waals surface area contributed by atoms with Crippen molar-refractivity contribution in [2.45, 2.75) is 13.5 Å². The van der Waals surface area contributed by atoms with E-state index < -0.39 is 0 Å². The van der Waals surface area contributed by atoms with E-state index in [1.165, 1.54) is 0 Å². The summed E-state index contributed by atoms with van der Waals surface area (Å²) >= 11 is 5.73. The molecule has 12 heavy (non-hydrogen) atoms. The molecule has 1 N–H and O–H groups in total. The number of aromatic nitrogens is 1. The van der Waals surface area contributed by atoms with Crippen LogP contribution in [0.5, 0.6) is 0 Å². The molecule has 0 saturated heterocycles. The van der Waals surface area contributed by atoms with Gasteiger partial charge in [0.25, 0.3) is 0 Å². The number of hydrogen-bond donors (Lipinski definition) is 1. The number of hydrogen-bond acceptors (Lipinski definition) is 3. The summed E-state index contributed by atoms with van der Waals surface area (Å²) in [6, 6.07) is 1.90. The molecule has 1 heterocycles. The summed E-state index contributed by atoms with van der Waals surface area (Å²) in [4.78, 5) is 3.96. The average Bonchev–Trinajstić information content (AvgIpc) is 1.96. The van der Waals surface area contributed by atoms with Gasteiger partial charge in [-0.2, -0.15) is 5.06 Å².